The van der Waals surface area contributed by atoms with Gasteiger partial charge in [0.05, 0.1) is 10.6 Å². The molecule has 104 valence electrons. The quantitative estimate of drug-likeness (QED) is 0.545. The fourth-order valence-electron chi connectivity index (χ4n) is 1.95. The number of benzene rings is 2. The smallest absolute Gasteiger partial charge is 0.258 e. The Hall–Kier alpha value is -3.02. The summed E-state index contributed by atoms with van der Waals surface area (Å²) >= 11 is 0. The molecule has 0 aliphatic carbocycles. The van der Waals surface area contributed by atoms with Crippen LogP contribution in [0.3, 0.4) is 0 Å². The van der Waals surface area contributed by atoms with Crippen LogP contribution >= 0.6 is 0 Å². The molecular formula is C15H12N4O2. The van der Waals surface area contributed by atoms with Gasteiger partial charge in [0.1, 0.15) is 6.33 Å². The first-order valence-electron chi connectivity index (χ1n) is 6.37. The SMILES string of the molecule is Cc1ccc(-n2cnc(-c3ccc([N+](=O)[O-])cc3)n2)cc1. The van der Waals surface area contributed by atoms with Crippen LogP contribution in [0.4, 0.5) is 5.69 Å². The zero-order chi connectivity index (χ0) is 14.8. The minimum absolute atomic E-state index is 0.0525. The van der Waals surface area contributed by atoms with Crippen molar-refractivity contribution in [3.05, 3.63) is 70.5 Å². The van der Waals surface area contributed by atoms with Gasteiger partial charge in [-0.15, -0.1) is 5.10 Å². The highest BCUT2D eigenvalue weighted by molar-refractivity contribution is 5.57. The molecular weight excluding hydrogens is 268 g/mol. The second kappa shape index (κ2) is 5.16. The number of non-ortho nitro benzene ring substituents is 1. The van der Waals surface area contributed by atoms with Gasteiger partial charge in [0.25, 0.3) is 5.69 Å². The average molecular weight is 280 g/mol. The number of nitro benzene ring substituents is 1. The third-order valence-corrected chi connectivity index (χ3v) is 3.13. The van der Waals surface area contributed by atoms with Crippen LogP contribution in [0.1, 0.15) is 5.56 Å². The van der Waals surface area contributed by atoms with Crippen molar-refractivity contribution < 1.29 is 4.92 Å². The molecule has 0 saturated carbocycles. The van der Waals surface area contributed by atoms with Crippen LogP contribution in [0, 0.1) is 17.0 Å². The maximum atomic E-state index is 10.6. The number of aromatic nitrogens is 3. The Labute approximate surface area is 120 Å². The molecule has 3 rings (SSSR count). The van der Waals surface area contributed by atoms with Crippen molar-refractivity contribution >= 4 is 5.69 Å². The Bertz CT molecular complexity index is 776. The summed E-state index contributed by atoms with van der Waals surface area (Å²) in [5.41, 5.74) is 2.89. The van der Waals surface area contributed by atoms with Crippen molar-refractivity contribution in [2.45, 2.75) is 6.92 Å². The largest absolute Gasteiger partial charge is 0.269 e. The predicted octanol–water partition coefficient (Wildman–Crippen LogP) is 3.15. The van der Waals surface area contributed by atoms with Crippen LogP contribution in [0.5, 0.6) is 0 Å². The molecule has 0 saturated heterocycles. The van der Waals surface area contributed by atoms with Gasteiger partial charge < -0.3 is 0 Å². The molecule has 0 atom stereocenters. The summed E-state index contributed by atoms with van der Waals surface area (Å²) in [5.74, 6) is 0.533. The van der Waals surface area contributed by atoms with Crippen molar-refractivity contribution in [3.63, 3.8) is 0 Å². The lowest BCUT2D eigenvalue weighted by molar-refractivity contribution is -0.384. The first-order valence-corrected chi connectivity index (χ1v) is 6.37. The van der Waals surface area contributed by atoms with Crippen molar-refractivity contribution in [2.75, 3.05) is 0 Å². The second-order valence-corrected chi connectivity index (χ2v) is 4.65. The topological polar surface area (TPSA) is 73.8 Å². The maximum absolute atomic E-state index is 10.6. The molecule has 0 amide bonds. The number of rotatable bonds is 3. The van der Waals surface area contributed by atoms with Gasteiger partial charge in [0.2, 0.25) is 0 Å². The fourth-order valence-corrected chi connectivity index (χ4v) is 1.95. The summed E-state index contributed by atoms with van der Waals surface area (Å²) < 4.78 is 1.68. The van der Waals surface area contributed by atoms with E-state index in [1.165, 1.54) is 17.7 Å². The predicted molar refractivity (Wildman–Crippen MR) is 78.2 cm³/mol. The molecule has 3 aromatic rings. The summed E-state index contributed by atoms with van der Waals surface area (Å²) in [7, 11) is 0. The van der Waals surface area contributed by atoms with E-state index in [-0.39, 0.29) is 5.69 Å². The normalized spacial score (nSPS) is 10.5. The van der Waals surface area contributed by atoms with Crippen LogP contribution in [-0.2, 0) is 0 Å². The molecule has 0 unspecified atom stereocenters. The van der Waals surface area contributed by atoms with Crippen LogP contribution < -0.4 is 0 Å². The lowest BCUT2D eigenvalue weighted by Crippen LogP contribution is -1.94. The van der Waals surface area contributed by atoms with E-state index in [1.807, 2.05) is 31.2 Å². The molecule has 1 aromatic heterocycles. The van der Waals surface area contributed by atoms with Gasteiger partial charge in [-0.05, 0) is 31.2 Å². The third kappa shape index (κ3) is 2.64. The lowest BCUT2D eigenvalue weighted by atomic mass is 10.2. The summed E-state index contributed by atoms with van der Waals surface area (Å²) in [6, 6.07) is 14.1. The van der Waals surface area contributed by atoms with E-state index in [4.69, 9.17) is 0 Å². The molecule has 6 heteroatoms. The van der Waals surface area contributed by atoms with E-state index in [2.05, 4.69) is 10.1 Å². The van der Waals surface area contributed by atoms with Gasteiger partial charge in [-0.3, -0.25) is 10.1 Å². The molecule has 0 N–H and O–H groups in total. The van der Waals surface area contributed by atoms with E-state index in [1.54, 1.807) is 23.1 Å². The molecule has 0 aliphatic heterocycles. The van der Waals surface area contributed by atoms with E-state index in [0.29, 0.717) is 5.82 Å². The number of hydrogen-bond donors (Lipinski definition) is 0. The first kappa shape index (κ1) is 13.0. The number of nitro groups is 1. The van der Waals surface area contributed by atoms with Gasteiger partial charge in [-0.25, -0.2) is 9.67 Å². The van der Waals surface area contributed by atoms with Gasteiger partial charge in [-0.1, -0.05) is 17.7 Å². The Morgan fingerprint density at radius 2 is 1.71 bits per heavy atom. The van der Waals surface area contributed by atoms with Crippen LogP contribution in [0.15, 0.2) is 54.9 Å². The number of hydrogen-bond acceptors (Lipinski definition) is 4. The van der Waals surface area contributed by atoms with Crippen molar-refractivity contribution in [1.29, 1.82) is 0 Å². The van der Waals surface area contributed by atoms with Crippen molar-refractivity contribution in [1.82, 2.24) is 14.8 Å². The Kier molecular flexibility index (Phi) is 3.19. The number of nitrogens with zero attached hydrogens (tertiary/aromatic N) is 4. The summed E-state index contributed by atoms with van der Waals surface area (Å²) in [6.07, 6.45) is 1.63. The van der Waals surface area contributed by atoms with Gasteiger partial charge in [0.15, 0.2) is 5.82 Å². The summed E-state index contributed by atoms with van der Waals surface area (Å²) in [4.78, 5) is 14.4. The molecule has 0 spiro atoms. The van der Waals surface area contributed by atoms with Crippen LogP contribution in [0.25, 0.3) is 17.1 Å². The summed E-state index contributed by atoms with van der Waals surface area (Å²) in [5, 5.41) is 15.0. The lowest BCUT2D eigenvalue weighted by Gasteiger charge is -2.00. The zero-order valence-corrected chi connectivity index (χ0v) is 11.3. The molecule has 0 bridgehead atoms. The maximum Gasteiger partial charge on any atom is 0.269 e. The van der Waals surface area contributed by atoms with Gasteiger partial charge in [-0.2, -0.15) is 0 Å². The van der Waals surface area contributed by atoms with Crippen molar-refractivity contribution in [2.24, 2.45) is 0 Å². The van der Waals surface area contributed by atoms with Gasteiger partial charge >= 0.3 is 0 Å². The minimum atomic E-state index is -0.428. The molecule has 1 heterocycles. The second-order valence-electron chi connectivity index (χ2n) is 4.65. The van der Waals surface area contributed by atoms with Gasteiger partial charge in [0, 0.05) is 17.7 Å². The standard InChI is InChI=1S/C15H12N4O2/c1-11-2-6-13(7-3-11)18-10-16-15(17-18)12-4-8-14(9-5-12)19(20)21/h2-10H,1H3. The highest BCUT2D eigenvalue weighted by Gasteiger charge is 2.08. The first-order chi connectivity index (χ1) is 10.1. The highest BCUT2D eigenvalue weighted by atomic mass is 16.6. The zero-order valence-electron chi connectivity index (χ0n) is 11.3. The van der Waals surface area contributed by atoms with E-state index in [9.17, 15) is 10.1 Å². The van der Waals surface area contributed by atoms with Crippen LogP contribution in [-0.4, -0.2) is 19.7 Å². The monoisotopic (exact) mass is 280 g/mol. The van der Waals surface area contributed by atoms with E-state index in [0.717, 1.165) is 11.3 Å². The molecule has 6 nitrogen and oxygen atoms in total. The Balaban J connectivity index is 1.90. The minimum Gasteiger partial charge on any atom is -0.258 e. The van der Waals surface area contributed by atoms with Crippen LogP contribution in [0.2, 0.25) is 0 Å². The highest BCUT2D eigenvalue weighted by Crippen LogP contribution is 2.19. The molecule has 2 aromatic carbocycles. The third-order valence-electron chi connectivity index (χ3n) is 3.13. The molecule has 0 radical (unpaired) electrons. The fraction of sp³-hybridized carbons (Fsp3) is 0.0667. The number of aryl methyl sites for hydroxylation is 1. The molecule has 0 aliphatic rings. The Morgan fingerprint density at radius 1 is 1.05 bits per heavy atom. The van der Waals surface area contributed by atoms with E-state index < -0.39 is 4.92 Å². The molecule has 21 heavy (non-hydrogen) atoms. The van der Waals surface area contributed by atoms with Crippen molar-refractivity contribution in [3.8, 4) is 17.1 Å². The molecule has 0 fully saturated rings. The van der Waals surface area contributed by atoms with E-state index >= 15 is 0 Å². The average Bonchev–Trinajstić information content (AvgIpc) is 2.98. The Morgan fingerprint density at radius 3 is 2.33 bits per heavy atom. The summed E-state index contributed by atoms with van der Waals surface area (Å²) in [6.45, 7) is 2.02.